The number of carbonyl (C=O) groups excluding carboxylic acids is 1. The molecule has 6 nitrogen and oxygen atoms in total. The Morgan fingerprint density at radius 3 is 2.89 bits per heavy atom. The summed E-state index contributed by atoms with van der Waals surface area (Å²) in [6.07, 6.45) is 4.40. The van der Waals surface area contributed by atoms with Crippen LogP contribution in [0, 0.1) is 0 Å². The number of methoxy groups -OCH3 is 1. The molecule has 0 aliphatic carbocycles. The molecule has 1 aromatic heterocycles. The molecule has 1 heterocycles. The zero-order valence-corrected chi connectivity index (χ0v) is 12.3. The van der Waals surface area contributed by atoms with Gasteiger partial charge in [0, 0.05) is 13.5 Å². The summed E-state index contributed by atoms with van der Waals surface area (Å²) < 4.78 is 9.93. The van der Waals surface area contributed by atoms with E-state index in [1.165, 1.54) is 24.2 Å². The molecule has 0 aliphatic heterocycles. The Bertz CT molecular complexity index is 371. The van der Waals surface area contributed by atoms with Crippen LogP contribution in [0.15, 0.2) is 0 Å². The third-order valence-corrected chi connectivity index (χ3v) is 3.27. The first kappa shape index (κ1) is 16.0. The summed E-state index contributed by atoms with van der Waals surface area (Å²) in [7, 11) is 1.59. The minimum absolute atomic E-state index is 0.00804. The Morgan fingerprint density at radius 2 is 2.16 bits per heavy atom. The highest BCUT2D eigenvalue weighted by molar-refractivity contribution is 7.15. The first-order chi connectivity index (χ1) is 9.26. The van der Waals surface area contributed by atoms with E-state index in [9.17, 15) is 4.79 Å². The lowest BCUT2D eigenvalue weighted by Gasteiger charge is -2.02. The molecule has 1 rings (SSSR count). The number of hydrogen-bond donors (Lipinski definition) is 1. The van der Waals surface area contributed by atoms with Crippen molar-refractivity contribution in [1.29, 1.82) is 0 Å². The first-order valence-corrected chi connectivity index (χ1v) is 7.26. The molecule has 1 N–H and O–H groups in total. The monoisotopic (exact) mass is 287 g/mol. The van der Waals surface area contributed by atoms with Crippen LogP contribution in [-0.2, 0) is 20.7 Å². The van der Waals surface area contributed by atoms with Gasteiger partial charge in [-0.2, -0.15) is 0 Å². The number of carbonyl (C=O) groups is 1. The summed E-state index contributed by atoms with van der Waals surface area (Å²) in [4.78, 5) is 11.5. The number of aryl methyl sites for hydroxylation is 1. The van der Waals surface area contributed by atoms with Crippen molar-refractivity contribution in [3.8, 4) is 0 Å². The maximum absolute atomic E-state index is 11.5. The number of anilines is 1. The number of ether oxygens (including phenoxy) is 2. The molecule has 0 saturated heterocycles. The second-order valence-corrected chi connectivity index (χ2v) is 5.11. The molecule has 0 spiro atoms. The van der Waals surface area contributed by atoms with Crippen molar-refractivity contribution >= 4 is 22.4 Å². The highest BCUT2D eigenvalue weighted by Crippen LogP contribution is 2.17. The van der Waals surface area contributed by atoms with Crippen molar-refractivity contribution in [2.75, 3.05) is 32.2 Å². The molecule has 108 valence electrons. The van der Waals surface area contributed by atoms with Crippen molar-refractivity contribution in [2.24, 2.45) is 0 Å². The number of nitrogens with zero attached hydrogens (tertiary/aromatic N) is 2. The van der Waals surface area contributed by atoms with Gasteiger partial charge in [-0.3, -0.25) is 10.1 Å². The van der Waals surface area contributed by atoms with E-state index in [0.29, 0.717) is 18.3 Å². The smallest absolute Gasteiger partial charge is 0.252 e. The van der Waals surface area contributed by atoms with Crippen LogP contribution in [0.1, 0.15) is 31.2 Å². The summed E-state index contributed by atoms with van der Waals surface area (Å²) >= 11 is 1.42. The van der Waals surface area contributed by atoms with E-state index in [1.807, 2.05) is 0 Å². The van der Waals surface area contributed by atoms with Crippen LogP contribution in [0.5, 0.6) is 0 Å². The van der Waals surface area contributed by atoms with Crippen molar-refractivity contribution in [3.63, 3.8) is 0 Å². The SMILES string of the molecule is CCCCCc1nnc(NC(=O)COCCOC)s1. The van der Waals surface area contributed by atoms with Crippen molar-refractivity contribution in [2.45, 2.75) is 32.6 Å². The molecular formula is C12H21N3O3S. The van der Waals surface area contributed by atoms with E-state index in [1.54, 1.807) is 7.11 Å². The van der Waals surface area contributed by atoms with Crippen LogP contribution in [-0.4, -0.2) is 43.0 Å². The molecule has 0 saturated carbocycles. The Labute approximate surface area is 117 Å². The number of aromatic nitrogens is 2. The van der Waals surface area contributed by atoms with Crippen molar-refractivity contribution < 1.29 is 14.3 Å². The average molecular weight is 287 g/mol. The normalized spacial score (nSPS) is 10.6. The summed E-state index contributed by atoms with van der Waals surface area (Å²) in [6, 6.07) is 0. The molecule has 0 bridgehead atoms. The minimum atomic E-state index is -0.215. The van der Waals surface area contributed by atoms with E-state index in [4.69, 9.17) is 9.47 Å². The molecule has 0 fully saturated rings. The topological polar surface area (TPSA) is 73.3 Å². The Hall–Kier alpha value is -1.05. The average Bonchev–Trinajstić information content (AvgIpc) is 2.83. The second kappa shape index (κ2) is 9.82. The third-order valence-electron chi connectivity index (χ3n) is 2.37. The van der Waals surface area contributed by atoms with Crippen LogP contribution in [0.3, 0.4) is 0 Å². The summed E-state index contributed by atoms with van der Waals surface area (Å²) in [5.41, 5.74) is 0. The van der Waals surface area contributed by atoms with Crippen LogP contribution < -0.4 is 5.32 Å². The quantitative estimate of drug-likeness (QED) is 0.665. The number of nitrogens with one attached hydrogen (secondary N) is 1. The lowest BCUT2D eigenvalue weighted by Crippen LogP contribution is -2.19. The summed E-state index contributed by atoms with van der Waals surface area (Å²) in [5.74, 6) is -0.215. The van der Waals surface area contributed by atoms with E-state index >= 15 is 0 Å². The molecule has 7 heteroatoms. The van der Waals surface area contributed by atoms with Gasteiger partial charge in [-0.05, 0) is 6.42 Å². The predicted octanol–water partition coefficient (Wildman–Crippen LogP) is 1.87. The Balaban J connectivity index is 2.22. The van der Waals surface area contributed by atoms with Gasteiger partial charge in [-0.15, -0.1) is 10.2 Å². The zero-order valence-electron chi connectivity index (χ0n) is 11.5. The van der Waals surface area contributed by atoms with Gasteiger partial charge in [-0.1, -0.05) is 31.1 Å². The van der Waals surface area contributed by atoms with Crippen LogP contribution in [0.25, 0.3) is 0 Å². The van der Waals surface area contributed by atoms with Gasteiger partial charge in [-0.25, -0.2) is 0 Å². The molecule has 1 aromatic rings. The molecule has 0 atom stereocenters. The standard InChI is InChI=1S/C12H21N3O3S/c1-3-4-5-6-11-14-15-12(19-11)13-10(16)9-18-8-7-17-2/h3-9H2,1-2H3,(H,13,15,16). The van der Waals surface area contributed by atoms with Crippen LogP contribution in [0.4, 0.5) is 5.13 Å². The summed E-state index contributed by atoms with van der Waals surface area (Å²) in [5, 5.41) is 12.1. The van der Waals surface area contributed by atoms with Gasteiger partial charge < -0.3 is 9.47 Å². The molecule has 0 aliphatic rings. The number of amides is 1. The van der Waals surface area contributed by atoms with Gasteiger partial charge >= 0.3 is 0 Å². The fraction of sp³-hybridized carbons (Fsp3) is 0.750. The largest absolute Gasteiger partial charge is 0.382 e. The number of unbranched alkanes of at least 4 members (excludes halogenated alkanes) is 2. The molecule has 19 heavy (non-hydrogen) atoms. The van der Waals surface area contributed by atoms with Crippen molar-refractivity contribution in [3.05, 3.63) is 5.01 Å². The van der Waals surface area contributed by atoms with Crippen LogP contribution >= 0.6 is 11.3 Å². The molecule has 0 aromatic carbocycles. The highest BCUT2D eigenvalue weighted by atomic mass is 32.1. The highest BCUT2D eigenvalue weighted by Gasteiger charge is 2.08. The Kier molecular flexibility index (Phi) is 8.28. The van der Waals surface area contributed by atoms with E-state index in [0.717, 1.165) is 17.8 Å². The predicted molar refractivity (Wildman–Crippen MR) is 74.5 cm³/mol. The summed E-state index contributed by atoms with van der Waals surface area (Å²) in [6.45, 7) is 3.05. The fourth-order valence-corrected chi connectivity index (χ4v) is 2.19. The van der Waals surface area contributed by atoms with Gasteiger partial charge in [0.1, 0.15) is 11.6 Å². The number of hydrogen-bond acceptors (Lipinski definition) is 6. The third kappa shape index (κ3) is 7.19. The fourth-order valence-electron chi connectivity index (χ4n) is 1.39. The van der Waals surface area contributed by atoms with Crippen LogP contribution in [0.2, 0.25) is 0 Å². The van der Waals surface area contributed by atoms with Gasteiger partial charge in [0.25, 0.3) is 5.91 Å². The number of rotatable bonds is 10. The molecular weight excluding hydrogens is 266 g/mol. The van der Waals surface area contributed by atoms with Gasteiger partial charge in [0.2, 0.25) is 5.13 Å². The minimum Gasteiger partial charge on any atom is -0.382 e. The second-order valence-electron chi connectivity index (χ2n) is 4.05. The van der Waals surface area contributed by atoms with E-state index < -0.39 is 0 Å². The molecule has 0 radical (unpaired) electrons. The lowest BCUT2D eigenvalue weighted by atomic mass is 10.2. The maximum Gasteiger partial charge on any atom is 0.252 e. The first-order valence-electron chi connectivity index (χ1n) is 6.45. The lowest BCUT2D eigenvalue weighted by molar-refractivity contribution is -0.121. The Morgan fingerprint density at radius 1 is 1.32 bits per heavy atom. The van der Waals surface area contributed by atoms with Gasteiger partial charge in [0.05, 0.1) is 13.2 Å². The zero-order chi connectivity index (χ0) is 13.9. The maximum atomic E-state index is 11.5. The van der Waals surface area contributed by atoms with Crippen molar-refractivity contribution in [1.82, 2.24) is 10.2 Å². The van der Waals surface area contributed by atoms with E-state index in [-0.39, 0.29) is 12.5 Å². The molecule has 1 amide bonds. The van der Waals surface area contributed by atoms with E-state index in [2.05, 4.69) is 22.4 Å². The molecule has 0 unspecified atom stereocenters. The van der Waals surface area contributed by atoms with Gasteiger partial charge in [0.15, 0.2) is 0 Å².